The van der Waals surface area contributed by atoms with Crippen LogP contribution in [0.15, 0.2) is 53.5 Å². The van der Waals surface area contributed by atoms with Gasteiger partial charge in [-0.15, -0.1) is 13.2 Å². The third kappa shape index (κ3) is 6.45. The van der Waals surface area contributed by atoms with E-state index >= 15 is 0 Å². The normalized spacial score (nSPS) is 11.9. The Morgan fingerprint density at radius 1 is 1.19 bits per heavy atom. The molecule has 1 aromatic heterocycles. The van der Waals surface area contributed by atoms with Gasteiger partial charge in [-0.05, 0) is 49.7 Å². The fraction of sp³-hybridized carbons (Fsp3) is 0.286. The maximum atomic E-state index is 12.5. The standard InChI is InChI=1S/C21H21F3N4O4/c1-20(2,31)12-26-19(30)27-14-6-7-17-16(9-14)25-10-18(29)28(17)11-13-4-3-5-15(8-13)32-21(22,23)24/h3-10,31H,11-12H2,1-2H3,(H2,26,27,30). The number of hydrogen-bond donors (Lipinski definition) is 3. The molecule has 0 saturated heterocycles. The first-order valence-corrected chi connectivity index (χ1v) is 9.51. The van der Waals surface area contributed by atoms with Gasteiger partial charge in [0.15, 0.2) is 0 Å². The highest BCUT2D eigenvalue weighted by Crippen LogP contribution is 2.24. The number of anilines is 1. The van der Waals surface area contributed by atoms with E-state index in [0.29, 0.717) is 22.3 Å². The summed E-state index contributed by atoms with van der Waals surface area (Å²) >= 11 is 0. The molecule has 3 rings (SSSR count). The van der Waals surface area contributed by atoms with E-state index < -0.39 is 23.6 Å². The van der Waals surface area contributed by atoms with Crippen LogP contribution in [0.5, 0.6) is 5.75 Å². The Morgan fingerprint density at radius 2 is 1.94 bits per heavy atom. The summed E-state index contributed by atoms with van der Waals surface area (Å²) in [6.07, 6.45) is -3.72. The van der Waals surface area contributed by atoms with Crippen LogP contribution >= 0.6 is 0 Å². The Labute approximate surface area is 180 Å². The first-order chi connectivity index (χ1) is 14.9. The Balaban J connectivity index is 1.83. The summed E-state index contributed by atoms with van der Waals surface area (Å²) in [4.78, 5) is 28.5. The maximum Gasteiger partial charge on any atom is 0.573 e. The maximum absolute atomic E-state index is 12.5. The molecular weight excluding hydrogens is 429 g/mol. The highest BCUT2D eigenvalue weighted by Gasteiger charge is 2.31. The zero-order chi connectivity index (χ0) is 23.5. The van der Waals surface area contributed by atoms with Gasteiger partial charge < -0.3 is 25.0 Å². The Hall–Kier alpha value is -3.60. The third-order valence-corrected chi connectivity index (χ3v) is 4.26. The van der Waals surface area contributed by atoms with Crippen molar-refractivity contribution in [2.24, 2.45) is 0 Å². The van der Waals surface area contributed by atoms with E-state index in [2.05, 4.69) is 20.4 Å². The van der Waals surface area contributed by atoms with Crippen molar-refractivity contribution in [2.45, 2.75) is 32.4 Å². The molecule has 8 nitrogen and oxygen atoms in total. The molecule has 0 saturated carbocycles. The Bertz CT molecular complexity index is 1190. The first-order valence-electron chi connectivity index (χ1n) is 9.51. The minimum atomic E-state index is -4.82. The Kier molecular flexibility index (Phi) is 6.40. The van der Waals surface area contributed by atoms with E-state index in [4.69, 9.17) is 0 Å². The molecule has 32 heavy (non-hydrogen) atoms. The van der Waals surface area contributed by atoms with Crippen LogP contribution in [-0.4, -0.2) is 39.2 Å². The van der Waals surface area contributed by atoms with E-state index in [1.165, 1.54) is 22.8 Å². The van der Waals surface area contributed by atoms with Crippen molar-refractivity contribution in [3.8, 4) is 5.75 Å². The van der Waals surface area contributed by atoms with Gasteiger partial charge >= 0.3 is 12.4 Å². The number of nitrogens with one attached hydrogen (secondary N) is 2. The summed E-state index contributed by atoms with van der Waals surface area (Å²) in [5, 5.41) is 14.8. The number of carbonyl (C=O) groups excluding carboxylic acids is 1. The molecule has 11 heteroatoms. The number of aromatic nitrogens is 2. The molecular formula is C21H21F3N4O4. The lowest BCUT2D eigenvalue weighted by Gasteiger charge is -2.18. The molecule has 0 atom stereocenters. The SMILES string of the molecule is CC(C)(O)CNC(=O)Nc1ccc2c(c1)ncc(=O)n2Cc1cccc(OC(F)(F)F)c1. The second-order valence-corrected chi connectivity index (χ2v) is 7.70. The number of rotatable bonds is 6. The molecule has 1 heterocycles. The van der Waals surface area contributed by atoms with E-state index in [0.717, 1.165) is 6.20 Å². The lowest BCUT2D eigenvalue weighted by molar-refractivity contribution is -0.274. The summed E-state index contributed by atoms with van der Waals surface area (Å²) in [5.41, 5.74) is 0.150. The minimum Gasteiger partial charge on any atom is -0.406 e. The first kappa shape index (κ1) is 23.1. The molecule has 0 radical (unpaired) electrons. The molecule has 170 valence electrons. The average molecular weight is 450 g/mol. The van der Waals surface area contributed by atoms with Gasteiger partial charge in [-0.3, -0.25) is 4.79 Å². The number of aliphatic hydroxyl groups is 1. The van der Waals surface area contributed by atoms with E-state index in [1.54, 1.807) is 38.1 Å². The smallest absolute Gasteiger partial charge is 0.406 e. The number of amides is 2. The molecule has 0 aliphatic rings. The second-order valence-electron chi connectivity index (χ2n) is 7.70. The van der Waals surface area contributed by atoms with Gasteiger partial charge in [0, 0.05) is 12.2 Å². The van der Waals surface area contributed by atoms with Crippen LogP contribution < -0.4 is 20.9 Å². The zero-order valence-corrected chi connectivity index (χ0v) is 17.2. The summed E-state index contributed by atoms with van der Waals surface area (Å²) in [6, 6.07) is 9.52. The van der Waals surface area contributed by atoms with Crippen molar-refractivity contribution in [1.29, 1.82) is 0 Å². The monoisotopic (exact) mass is 450 g/mol. The third-order valence-electron chi connectivity index (χ3n) is 4.26. The highest BCUT2D eigenvalue weighted by atomic mass is 19.4. The van der Waals surface area contributed by atoms with Gasteiger partial charge in [0.1, 0.15) is 5.75 Å². The van der Waals surface area contributed by atoms with E-state index in [1.807, 2.05) is 0 Å². The molecule has 2 amide bonds. The fourth-order valence-electron chi connectivity index (χ4n) is 2.90. The molecule has 3 N–H and O–H groups in total. The number of benzene rings is 2. The largest absolute Gasteiger partial charge is 0.573 e. The molecule has 0 bridgehead atoms. The lowest BCUT2D eigenvalue weighted by atomic mass is 10.1. The summed E-state index contributed by atoms with van der Waals surface area (Å²) < 4.78 is 42.7. The van der Waals surface area contributed by atoms with Crippen LogP contribution in [0.25, 0.3) is 11.0 Å². The Morgan fingerprint density at radius 3 is 2.62 bits per heavy atom. The number of alkyl halides is 3. The predicted octanol–water partition coefficient (Wildman–Crippen LogP) is 3.24. The fourth-order valence-corrected chi connectivity index (χ4v) is 2.90. The molecule has 0 aliphatic carbocycles. The quantitative estimate of drug-likeness (QED) is 0.535. The van der Waals surface area contributed by atoms with E-state index in [9.17, 15) is 27.9 Å². The molecule has 3 aromatic rings. The van der Waals surface area contributed by atoms with Crippen molar-refractivity contribution < 1.29 is 27.8 Å². The number of fused-ring (bicyclic) bond motifs is 1. The van der Waals surface area contributed by atoms with Gasteiger partial charge in [-0.1, -0.05) is 12.1 Å². The van der Waals surface area contributed by atoms with Crippen LogP contribution in [0.4, 0.5) is 23.7 Å². The van der Waals surface area contributed by atoms with Crippen LogP contribution in [-0.2, 0) is 6.54 Å². The van der Waals surface area contributed by atoms with Crippen molar-refractivity contribution in [3.63, 3.8) is 0 Å². The number of nitrogens with zero attached hydrogens (tertiary/aromatic N) is 2. The van der Waals surface area contributed by atoms with E-state index in [-0.39, 0.29) is 18.8 Å². The number of carbonyl (C=O) groups is 1. The van der Waals surface area contributed by atoms with Gasteiger partial charge in [-0.2, -0.15) is 0 Å². The molecule has 0 aliphatic heterocycles. The van der Waals surface area contributed by atoms with Crippen LogP contribution in [0, 0.1) is 0 Å². The van der Waals surface area contributed by atoms with Gasteiger partial charge in [0.2, 0.25) is 0 Å². The average Bonchev–Trinajstić information content (AvgIpc) is 2.67. The molecule has 0 spiro atoms. The molecule has 0 unspecified atom stereocenters. The summed E-state index contributed by atoms with van der Waals surface area (Å²) in [5.74, 6) is -0.384. The second kappa shape index (κ2) is 8.87. The zero-order valence-electron chi connectivity index (χ0n) is 17.2. The van der Waals surface area contributed by atoms with Crippen LogP contribution in [0.1, 0.15) is 19.4 Å². The van der Waals surface area contributed by atoms with Crippen LogP contribution in [0.3, 0.4) is 0 Å². The van der Waals surface area contributed by atoms with Crippen molar-refractivity contribution in [3.05, 3.63) is 64.6 Å². The van der Waals surface area contributed by atoms with Crippen molar-refractivity contribution >= 4 is 22.8 Å². The highest BCUT2D eigenvalue weighted by molar-refractivity contribution is 5.91. The molecule has 0 fully saturated rings. The number of urea groups is 1. The minimum absolute atomic E-state index is 0.00818. The van der Waals surface area contributed by atoms with Crippen molar-refractivity contribution in [1.82, 2.24) is 14.9 Å². The lowest BCUT2D eigenvalue weighted by Crippen LogP contribution is -2.40. The topological polar surface area (TPSA) is 105 Å². The van der Waals surface area contributed by atoms with Gasteiger partial charge in [0.05, 0.1) is 29.4 Å². The van der Waals surface area contributed by atoms with Gasteiger partial charge in [0.25, 0.3) is 5.56 Å². The molecule has 2 aromatic carbocycles. The number of hydrogen-bond acceptors (Lipinski definition) is 5. The van der Waals surface area contributed by atoms with Crippen molar-refractivity contribution in [2.75, 3.05) is 11.9 Å². The van der Waals surface area contributed by atoms with Gasteiger partial charge in [-0.25, -0.2) is 9.78 Å². The number of ether oxygens (including phenoxy) is 1. The predicted molar refractivity (Wildman–Crippen MR) is 112 cm³/mol. The summed E-state index contributed by atoms with van der Waals surface area (Å²) in [7, 11) is 0. The van der Waals surface area contributed by atoms with Crippen LogP contribution in [0.2, 0.25) is 0 Å². The number of halogens is 3. The summed E-state index contributed by atoms with van der Waals surface area (Å²) in [6.45, 7) is 3.14.